The smallest absolute Gasteiger partial charge is 0.335 e. The Morgan fingerprint density at radius 1 is 1.07 bits per heavy atom. The van der Waals surface area contributed by atoms with E-state index in [2.05, 4.69) is 16.6 Å². The molecular weight excluding hydrogens is 358 g/mol. The third kappa shape index (κ3) is 7.86. The summed E-state index contributed by atoms with van der Waals surface area (Å²) in [5.74, 6) is 0.317. The minimum Gasteiger partial charge on any atom is -0.494 e. The lowest BCUT2D eigenvalue weighted by Crippen LogP contribution is -2.29. The predicted octanol–water partition coefficient (Wildman–Crippen LogP) is 3.51. The molecule has 28 heavy (non-hydrogen) atoms. The average Bonchev–Trinajstić information content (AvgIpc) is 2.69. The number of nitrogens with one attached hydrogen (secondary N) is 1. The second kappa shape index (κ2) is 12.1. The molecule has 0 bridgehead atoms. The van der Waals surface area contributed by atoms with Crippen LogP contribution in [0.3, 0.4) is 0 Å². The Labute approximate surface area is 165 Å². The fraction of sp³-hybridized carbons (Fsp3) is 0.227. The van der Waals surface area contributed by atoms with Crippen LogP contribution in [-0.2, 0) is 14.3 Å². The molecule has 1 unspecified atom stereocenters. The molecule has 1 N–H and O–H groups in total. The normalized spacial score (nSPS) is 10.5. The van der Waals surface area contributed by atoms with E-state index in [1.54, 1.807) is 19.1 Å². The third-order valence-electron chi connectivity index (χ3n) is 3.40. The van der Waals surface area contributed by atoms with E-state index in [0.717, 1.165) is 5.75 Å². The van der Waals surface area contributed by atoms with Crippen molar-refractivity contribution in [2.45, 2.75) is 27.0 Å². The summed E-state index contributed by atoms with van der Waals surface area (Å²) >= 11 is 0. The van der Waals surface area contributed by atoms with E-state index in [-0.39, 0.29) is 5.78 Å². The van der Waals surface area contributed by atoms with Crippen LogP contribution in [0.25, 0.3) is 0 Å². The summed E-state index contributed by atoms with van der Waals surface area (Å²) in [5.41, 5.74) is 1.70. The molecule has 2 aromatic carbocycles. The first-order chi connectivity index (χ1) is 13.4. The van der Waals surface area contributed by atoms with E-state index in [9.17, 15) is 14.4 Å². The van der Waals surface area contributed by atoms with Crippen LogP contribution >= 0.6 is 0 Å². The number of carbonyl (C=O) groups excluding carboxylic acids is 3. The molecule has 6 heteroatoms. The minimum atomic E-state index is -0.600. The molecule has 0 radical (unpaired) electrons. The Morgan fingerprint density at radius 2 is 1.64 bits per heavy atom. The van der Waals surface area contributed by atoms with Crippen LogP contribution in [0, 0.1) is 0 Å². The zero-order valence-electron chi connectivity index (χ0n) is 16.3. The summed E-state index contributed by atoms with van der Waals surface area (Å²) in [6.45, 7) is 9.03. The molecule has 6 nitrogen and oxygen atoms in total. The Morgan fingerprint density at radius 3 is 2.14 bits per heavy atom. The molecule has 148 valence electrons. The Hall–Kier alpha value is -3.41. The summed E-state index contributed by atoms with van der Waals surface area (Å²) in [5, 5.41) is 2.27. The number of ketones is 1. The van der Waals surface area contributed by atoms with Gasteiger partial charge in [0.05, 0.1) is 6.61 Å². The second-order valence-corrected chi connectivity index (χ2v) is 5.76. The van der Waals surface area contributed by atoms with Gasteiger partial charge in [0.25, 0.3) is 0 Å². The molecule has 0 aliphatic rings. The molecular formula is C22H25NO5. The van der Waals surface area contributed by atoms with Gasteiger partial charge in [-0.1, -0.05) is 36.9 Å². The highest BCUT2D eigenvalue weighted by molar-refractivity contribution is 6.08. The average molecular weight is 383 g/mol. The van der Waals surface area contributed by atoms with E-state index in [1.165, 1.54) is 6.92 Å². The number of rotatable bonds is 8. The Bertz CT molecular complexity index is 784. The zero-order valence-corrected chi connectivity index (χ0v) is 16.3. The third-order valence-corrected chi connectivity index (χ3v) is 3.40. The molecule has 0 aliphatic heterocycles. The van der Waals surface area contributed by atoms with Gasteiger partial charge in [-0.05, 0) is 45.0 Å². The predicted molar refractivity (Wildman–Crippen MR) is 107 cm³/mol. The van der Waals surface area contributed by atoms with E-state index >= 15 is 0 Å². The highest BCUT2D eigenvalue weighted by atomic mass is 16.6. The maximum absolute atomic E-state index is 12.1. The fourth-order valence-corrected chi connectivity index (χ4v) is 2.02. The van der Waals surface area contributed by atoms with Gasteiger partial charge in [-0.15, -0.1) is 0 Å². The number of amides is 1. The Balaban J connectivity index is 0.000000311. The van der Waals surface area contributed by atoms with E-state index in [1.807, 2.05) is 49.4 Å². The Kier molecular flexibility index (Phi) is 9.75. The number of ether oxygens (including phenoxy) is 2. The van der Waals surface area contributed by atoms with Gasteiger partial charge in [-0.3, -0.25) is 9.59 Å². The molecule has 0 fully saturated rings. The minimum absolute atomic E-state index is 0.0358. The molecule has 0 saturated carbocycles. The molecule has 0 heterocycles. The van der Waals surface area contributed by atoms with Gasteiger partial charge in [-0.2, -0.15) is 0 Å². The van der Waals surface area contributed by atoms with Crippen molar-refractivity contribution in [2.24, 2.45) is 0 Å². The van der Waals surface area contributed by atoms with Gasteiger partial charge in [0.1, 0.15) is 5.75 Å². The molecule has 0 spiro atoms. The van der Waals surface area contributed by atoms with Crippen LogP contribution in [0.15, 0.2) is 66.7 Å². The topological polar surface area (TPSA) is 81.7 Å². The van der Waals surface area contributed by atoms with Crippen molar-refractivity contribution < 1.29 is 23.9 Å². The van der Waals surface area contributed by atoms with Crippen molar-refractivity contribution in [1.82, 2.24) is 5.32 Å². The maximum atomic E-state index is 12.1. The van der Waals surface area contributed by atoms with E-state index in [0.29, 0.717) is 29.7 Å². The van der Waals surface area contributed by atoms with Gasteiger partial charge in [0.2, 0.25) is 6.41 Å². The maximum Gasteiger partial charge on any atom is 0.335 e. The number of benzene rings is 2. The monoisotopic (exact) mass is 383 g/mol. The van der Waals surface area contributed by atoms with Crippen molar-refractivity contribution in [3.8, 4) is 5.75 Å². The highest BCUT2D eigenvalue weighted by Crippen LogP contribution is 2.15. The molecule has 0 aliphatic carbocycles. The second-order valence-electron chi connectivity index (χ2n) is 5.76. The lowest BCUT2D eigenvalue weighted by molar-refractivity contribution is -0.145. The molecule has 2 rings (SSSR count). The van der Waals surface area contributed by atoms with Crippen LogP contribution in [0.4, 0.5) is 0 Å². The largest absolute Gasteiger partial charge is 0.494 e. The van der Waals surface area contributed by atoms with Gasteiger partial charge in [0, 0.05) is 16.7 Å². The number of hydrogen-bond donors (Lipinski definition) is 1. The summed E-state index contributed by atoms with van der Waals surface area (Å²) < 4.78 is 10.0. The van der Waals surface area contributed by atoms with Crippen LogP contribution in [-0.4, -0.2) is 31.0 Å². The van der Waals surface area contributed by atoms with Crippen LogP contribution < -0.4 is 10.1 Å². The SMILES string of the molecule is C=C(C)C(=O)OC(C)NC=O.CCOc1ccc(C(=O)c2ccccc2)cc1. The van der Waals surface area contributed by atoms with Gasteiger partial charge >= 0.3 is 5.97 Å². The number of esters is 1. The van der Waals surface area contributed by atoms with Crippen molar-refractivity contribution in [3.05, 3.63) is 77.9 Å². The van der Waals surface area contributed by atoms with Crippen LogP contribution in [0.2, 0.25) is 0 Å². The number of carbonyl (C=O) groups is 3. The fourth-order valence-electron chi connectivity index (χ4n) is 2.02. The first-order valence-electron chi connectivity index (χ1n) is 8.77. The molecule has 1 atom stereocenters. The van der Waals surface area contributed by atoms with Crippen LogP contribution in [0.5, 0.6) is 5.75 Å². The van der Waals surface area contributed by atoms with Gasteiger partial charge < -0.3 is 14.8 Å². The quantitative estimate of drug-likeness (QED) is 0.248. The van der Waals surface area contributed by atoms with Crippen LogP contribution in [0.1, 0.15) is 36.7 Å². The highest BCUT2D eigenvalue weighted by Gasteiger charge is 2.08. The summed E-state index contributed by atoms with van der Waals surface area (Å²) in [7, 11) is 0. The summed E-state index contributed by atoms with van der Waals surface area (Å²) in [6, 6.07) is 16.5. The van der Waals surface area contributed by atoms with Gasteiger partial charge in [-0.25, -0.2) is 4.79 Å². The first kappa shape index (κ1) is 22.6. The van der Waals surface area contributed by atoms with E-state index in [4.69, 9.17) is 4.74 Å². The lowest BCUT2D eigenvalue weighted by Gasteiger charge is -2.10. The standard InChI is InChI=1S/C15H14O2.C7H11NO3/c1-2-17-14-10-8-13(9-11-14)15(16)12-6-4-3-5-7-12;1-5(2)7(10)11-6(3)8-4-9/h3-11H,2H2,1H3;4,6H,1H2,2-3H3,(H,8,9). The molecule has 1 amide bonds. The van der Waals surface area contributed by atoms with Crippen molar-refractivity contribution >= 4 is 18.2 Å². The van der Waals surface area contributed by atoms with Crippen molar-refractivity contribution in [1.29, 1.82) is 0 Å². The van der Waals surface area contributed by atoms with Crippen molar-refractivity contribution in [2.75, 3.05) is 6.61 Å². The molecule has 0 saturated heterocycles. The number of hydrogen-bond acceptors (Lipinski definition) is 5. The molecule has 0 aromatic heterocycles. The first-order valence-corrected chi connectivity index (χ1v) is 8.77. The van der Waals surface area contributed by atoms with Gasteiger partial charge in [0.15, 0.2) is 12.0 Å². The lowest BCUT2D eigenvalue weighted by atomic mass is 10.0. The van der Waals surface area contributed by atoms with Crippen molar-refractivity contribution in [3.63, 3.8) is 0 Å². The summed E-state index contributed by atoms with van der Waals surface area (Å²) in [4.78, 5) is 32.7. The summed E-state index contributed by atoms with van der Waals surface area (Å²) in [6.07, 6.45) is -0.132. The van der Waals surface area contributed by atoms with E-state index < -0.39 is 12.2 Å². The molecule has 2 aromatic rings. The zero-order chi connectivity index (χ0) is 20.9.